The van der Waals surface area contributed by atoms with Crippen LogP contribution in [0.3, 0.4) is 0 Å². The third-order valence-corrected chi connectivity index (χ3v) is 1.95. The highest BCUT2D eigenvalue weighted by Crippen LogP contribution is 2.14. The maximum Gasteiger partial charge on any atom is 0.306 e. The van der Waals surface area contributed by atoms with Crippen LogP contribution < -0.4 is 0 Å². The van der Waals surface area contributed by atoms with Gasteiger partial charge in [0.15, 0.2) is 0 Å². The van der Waals surface area contributed by atoms with Crippen LogP contribution in [-0.4, -0.2) is 16.7 Å². The van der Waals surface area contributed by atoms with E-state index in [0.29, 0.717) is 12.8 Å². The van der Waals surface area contributed by atoms with Crippen molar-refractivity contribution < 1.29 is 14.6 Å². The zero-order valence-corrected chi connectivity index (χ0v) is 9.99. The van der Waals surface area contributed by atoms with E-state index in [1.165, 1.54) is 0 Å². The van der Waals surface area contributed by atoms with Crippen molar-refractivity contribution in [3.63, 3.8) is 0 Å². The van der Waals surface area contributed by atoms with E-state index >= 15 is 0 Å². The molecule has 0 saturated heterocycles. The zero-order chi connectivity index (χ0) is 12.2. The van der Waals surface area contributed by atoms with E-state index in [0.717, 1.165) is 5.56 Å². The molecule has 0 spiro atoms. The Hall–Kier alpha value is -1.51. The highest BCUT2D eigenvalue weighted by atomic mass is 16.6. The second-order valence-electron chi connectivity index (χ2n) is 4.76. The van der Waals surface area contributed by atoms with Gasteiger partial charge >= 0.3 is 5.97 Å². The van der Waals surface area contributed by atoms with Gasteiger partial charge in [0.05, 0.1) is 0 Å². The normalized spacial score (nSPS) is 11.2. The first-order valence-corrected chi connectivity index (χ1v) is 5.36. The first-order chi connectivity index (χ1) is 7.37. The molecule has 0 aliphatic rings. The van der Waals surface area contributed by atoms with Gasteiger partial charge in [-0.05, 0) is 44.9 Å². The van der Waals surface area contributed by atoms with Crippen molar-refractivity contribution in [2.45, 2.75) is 39.2 Å². The van der Waals surface area contributed by atoms with Crippen LogP contribution in [0.1, 0.15) is 32.8 Å². The predicted octanol–water partition coefficient (Wildman–Crippen LogP) is 2.67. The molecule has 0 aliphatic heterocycles. The summed E-state index contributed by atoms with van der Waals surface area (Å²) in [5.41, 5.74) is 0.501. The second-order valence-corrected chi connectivity index (χ2v) is 4.76. The molecule has 0 fully saturated rings. The summed E-state index contributed by atoms with van der Waals surface area (Å²) in [5.74, 6) is 0.0116. The van der Waals surface area contributed by atoms with Crippen molar-refractivity contribution in [2.24, 2.45) is 0 Å². The molecule has 3 nitrogen and oxygen atoms in total. The summed E-state index contributed by atoms with van der Waals surface area (Å²) in [6, 6.07) is 6.91. The molecular formula is C13H18O3. The van der Waals surface area contributed by atoms with E-state index in [2.05, 4.69) is 0 Å². The lowest BCUT2D eigenvalue weighted by Crippen LogP contribution is -2.23. The molecule has 0 saturated carbocycles. The fourth-order valence-corrected chi connectivity index (χ4v) is 1.35. The molecule has 3 heteroatoms. The first-order valence-electron chi connectivity index (χ1n) is 5.36. The van der Waals surface area contributed by atoms with Crippen molar-refractivity contribution in [3.8, 4) is 5.75 Å². The van der Waals surface area contributed by atoms with Gasteiger partial charge in [-0.3, -0.25) is 4.79 Å². The number of phenolic OH excluding ortho intramolecular Hbond substituents is 1. The molecule has 1 rings (SSSR count). The number of carbonyl (C=O) groups excluding carboxylic acids is 1. The minimum atomic E-state index is -0.435. The maximum absolute atomic E-state index is 11.4. The average molecular weight is 222 g/mol. The Morgan fingerprint density at radius 1 is 1.38 bits per heavy atom. The first kappa shape index (κ1) is 12.6. The Bertz CT molecular complexity index is 364. The van der Waals surface area contributed by atoms with Gasteiger partial charge < -0.3 is 9.84 Å². The molecule has 0 heterocycles. The fourth-order valence-electron chi connectivity index (χ4n) is 1.35. The van der Waals surface area contributed by atoms with Crippen molar-refractivity contribution in [3.05, 3.63) is 29.8 Å². The van der Waals surface area contributed by atoms with E-state index in [1.807, 2.05) is 26.8 Å². The van der Waals surface area contributed by atoms with Crippen molar-refractivity contribution in [1.82, 2.24) is 0 Å². The molecule has 1 aromatic rings. The van der Waals surface area contributed by atoms with Crippen molar-refractivity contribution in [1.29, 1.82) is 0 Å². The molecule has 16 heavy (non-hydrogen) atoms. The molecule has 0 radical (unpaired) electrons. The van der Waals surface area contributed by atoms with Gasteiger partial charge in [0.2, 0.25) is 0 Å². The molecule has 0 amide bonds. The van der Waals surface area contributed by atoms with Crippen LogP contribution in [-0.2, 0) is 16.0 Å². The monoisotopic (exact) mass is 222 g/mol. The standard InChI is InChI=1S/C13H18O3/c1-13(2,3)16-12(15)8-7-10-5-4-6-11(14)9-10/h4-6,9,14H,7-8H2,1-3H3. The zero-order valence-electron chi connectivity index (χ0n) is 9.99. The van der Waals surface area contributed by atoms with Crippen LogP contribution >= 0.6 is 0 Å². The summed E-state index contributed by atoms with van der Waals surface area (Å²) in [4.78, 5) is 11.4. The molecule has 0 bridgehead atoms. The van der Waals surface area contributed by atoms with E-state index in [9.17, 15) is 9.90 Å². The fraction of sp³-hybridized carbons (Fsp3) is 0.462. The van der Waals surface area contributed by atoms with Gasteiger partial charge in [0.25, 0.3) is 0 Å². The Morgan fingerprint density at radius 2 is 2.06 bits per heavy atom. The van der Waals surface area contributed by atoms with Crippen LogP contribution in [0.2, 0.25) is 0 Å². The Kier molecular flexibility index (Phi) is 3.93. The van der Waals surface area contributed by atoms with Crippen LogP contribution in [0.15, 0.2) is 24.3 Å². The molecule has 1 aromatic carbocycles. The van der Waals surface area contributed by atoms with Gasteiger partial charge in [0.1, 0.15) is 11.4 Å². The molecule has 0 unspecified atom stereocenters. The summed E-state index contributed by atoms with van der Waals surface area (Å²) in [5, 5.41) is 9.25. The largest absolute Gasteiger partial charge is 0.508 e. The maximum atomic E-state index is 11.4. The molecule has 0 atom stereocenters. The number of ether oxygens (including phenoxy) is 1. The van der Waals surface area contributed by atoms with Gasteiger partial charge in [-0.25, -0.2) is 0 Å². The number of benzene rings is 1. The number of carbonyl (C=O) groups is 1. The summed E-state index contributed by atoms with van der Waals surface area (Å²) in [6.45, 7) is 5.54. The van der Waals surface area contributed by atoms with E-state index in [1.54, 1.807) is 18.2 Å². The second kappa shape index (κ2) is 5.01. The van der Waals surface area contributed by atoms with Crippen LogP contribution in [0.5, 0.6) is 5.75 Å². The van der Waals surface area contributed by atoms with E-state index in [4.69, 9.17) is 4.74 Å². The SMILES string of the molecule is CC(C)(C)OC(=O)CCc1cccc(O)c1. The highest BCUT2D eigenvalue weighted by Gasteiger charge is 2.15. The smallest absolute Gasteiger partial charge is 0.306 e. The van der Waals surface area contributed by atoms with E-state index in [-0.39, 0.29) is 11.7 Å². The minimum Gasteiger partial charge on any atom is -0.508 e. The Labute approximate surface area is 96.1 Å². The Morgan fingerprint density at radius 3 is 2.62 bits per heavy atom. The number of hydrogen-bond acceptors (Lipinski definition) is 3. The van der Waals surface area contributed by atoms with Gasteiger partial charge in [0, 0.05) is 6.42 Å². The summed E-state index contributed by atoms with van der Waals surface area (Å²) < 4.78 is 5.19. The predicted molar refractivity (Wildman–Crippen MR) is 62.3 cm³/mol. The third kappa shape index (κ3) is 4.82. The minimum absolute atomic E-state index is 0.212. The van der Waals surface area contributed by atoms with Crippen LogP contribution in [0.4, 0.5) is 0 Å². The summed E-state index contributed by atoms with van der Waals surface area (Å²) in [7, 11) is 0. The number of aromatic hydroxyl groups is 1. The highest BCUT2D eigenvalue weighted by molar-refractivity contribution is 5.70. The van der Waals surface area contributed by atoms with Crippen molar-refractivity contribution in [2.75, 3.05) is 0 Å². The van der Waals surface area contributed by atoms with Crippen LogP contribution in [0, 0.1) is 0 Å². The number of rotatable bonds is 3. The number of phenols is 1. The van der Waals surface area contributed by atoms with E-state index < -0.39 is 5.60 Å². The lowest BCUT2D eigenvalue weighted by atomic mass is 10.1. The number of aryl methyl sites for hydroxylation is 1. The number of esters is 1. The van der Waals surface area contributed by atoms with Gasteiger partial charge in [-0.15, -0.1) is 0 Å². The lowest BCUT2D eigenvalue weighted by molar-refractivity contribution is -0.154. The van der Waals surface area contributed by atoms with Crippen molar-refractivity contribution >= 4 is 5.97 Å². The van der Waals surface area contributed by atoms with Gasteiger partial charge in [-0.1, -0.05) is 12.1 Å². The topological polar surface area (TPSA) is 46.5 Å². The lowest BCUT2D eigenvalue weighted by Gasteiger charge is -2.19. The quantitative estimate of drug-likeness (QED) is 0.800. The molecule has 0 aliphatic carbocycles. The van der Waals surface area contributed by atoms with Crippen LogP contribution in [0.25, 0.3) is 0 Å². The average Bonchev–Trinajstić information content (AvgIpc) is 2.12. The summed E-state index contributed by atoms with van der Waals surface area (Å²) in [6.07, 6.45) is 0.921. The molecule has 88 valence electrons. The molecular weight excluding hydrogens is 204 g/mol. The van der Waals surface area contributed by atoms with Gasteiger partial charge in [-0.2, -0.15) is 0 Å². The number of hydrogen-bond donors (Lipinski definition) is 1. The molecule has 1 N–H and O–H groups in total. The Balaban J connectivity index is 2.43. The third-order valence-electron chi connectivity index (χ3n) is 1.95. The summed E-state index contributed by atoms with van der Waals surface area (Å²) >= 11 is 0. The molecule has 0 aromatic heterocycles.